The Hall–Kier alpha value is -1.91. The maximum absolute atomic E-state index is 4.64. The number of nitrogens with zero attached hydrogens (tertiary/aromatic N) is 4. The van der Waals surface area contributed by atoms with Crippen molar-refractivity contribution < 1.29 is 0 Å². The van der Waals surface area contributed by atoms with E-state index in [1.54, 1.807) is 6.20 Å². The van der Waals surface area contributed by atoms with Crippen LogP contribution in [0.5, 0.6) is 0 Å². The number of anilines is 1. The Morgan fingerprint density at radius 2 is 1.94 bits per heavy atom. The van der Waals surface area contributed by atoms with Crippen LogP contribution >= 0.6 is 0 Å². The molecule has 2 aromatic rings. The summed E-state index contributed by atoms with van der Waals surface area (Å²) in [7, 11) is 1.86. The normalized spacial score (nSPS) is 10.7. The molecule has 5 nitrogen and oxygen atoms in total. The lowest BCUT2D eigenvalue weighted by Gasteiger charge is -2.11. The van der Waals surface area contributed by atoms with E-state index in [-0.39, 0.29) is 0 Å². The highest BCUT2D eigenvalue weighted by molar-refractivity contribution is 5.68. The highest BCUT2D eigenvalue weighted by Crippen LogP contribution is 2.25. The minimum Gasteiger partial charge on any atom is -0.371 e. The van der Waals surface area contributed by atoms with Gasteiger partial charge in [0.15, 0.2) is 5.82 Å². The monoisotopic (exact) mass is 245 g/mol. The molecule has 18 heavy (non-hydrogen) atoms. The van der Waals surface area contributed by atoms with E-state index >= 15 is 0 Å². The first-order chi connectivity index (χ1) is 8.67. The summed E-state index contributed by atoms with van der Waals surface area (Å²) in [5.74, 6) is 0.802. The number of hydrogen-bond donors (Lipinski definition) is 1. The summed E-state index contributed by atoms with van der Waals surface area (Å²) < 4.78 is 1.97. The standard InChI is InChI=1S/C13H19N5/c1-5-8-18-11(6-7-15-18)12-13(14-4)17-10(3)9(2)16-12/h6-7H,5,8H2,1-4H3,(H,14,17). The Kier molecular flexibility index (Phi) is 3.60. The molecule has 0 fully saturated rings. The van der Waals surface area contributed by atoms with Gasteiger partial charge in [-0.1, -0.05) is 6.92 Å². The largest absolute Gasteiger partial charge is 0.371 e. The van der Waals surface area contributed by atoms with Gasteiger partial charge in [0.1, 0.15) is 5.69 Å². The second-order valence-corrected chi connectivity index (χ2v) is 4.28. The number of rotatable bonds is 4. The fourth-order valence-corrected chi connectivity index (χ4v) is 1.88. The predicted molar refractivity (Wildman–Crippen MR) is 72.6 cm³/mol. The van der Waals surface area contributed by atoms with Crippen LogP contribution in [0.4, 0.5) is 5.82 Å². The van der Waals surface area contributed by atoms with Crippen molar-refractivity contribution in [1.82, 2.24) is 19.7 Å². The number of aromatic nitrogens is 4. The number of nitrogens with one attached hydrogen (secondary N) is 1. The molecule has 0 saturated carbocycles. The first kappa shape index (κ1) is 12.5. The lowest BCUT2D eigenvalue weighted by Crippen LogP contribution is -2.07. The quantitative estimate of drug-likeness (QED) is 0.898. The van der Waals surface area contributed by atoms with E-state index in [9.17, 15) is 0 Å². The van der Waals surface area contributed by atoms with E-state index in [2.05, 4.69) is 27.3 Å². The van der Waals surface area contributed by atoms with Gasteiger partial charge in [0.2, 0.25) is 0 Å². The average molecular weight is 245 g/mol. The van der Waals surface area contributed by atoms with Crippen molar-refractivity contribution in [3.05, 3.63) is 23.7 Å². The molecule has 0 unspecified atom stereocenters. The molecule has 2 aromatic heterocycles. The summed E-state index contributed by atoms with van der Waals surface area (Å²) in [4.78, 5) is 9.18. The molecule has 0 saturated heterocycles. The van der Waals surface area contributed by atoms with Gasteiger partial charge >= 0.3 is 0 Å². The summed E-state index contributed by atoms with van der Waals surface area (Å²) in [5, 5.41) is 7.44. The minimum atomic E-state index is 0.802. The Labute approximate surface area is 107 Å². The van der Waals surface area contributed by atoms with Gasteiger partial charge in [-0.2, -0.15) is 5.10 Å². The van der Waals surface area contributed by atoms with Gasteiger partial charge < -0.3 is 5.32 Å². The van der Waals surface area contributed by atoms with Crippen molar-refractivity contribution in [2.45, 2.75) is 33.7 Å². The molecule has 2 heterocycles. The van der Waals surface area contributed by atoms with E-state index in [1.165, 1.54) is 0 Å². The Morgan fingerprint density at radius 3 is 2.61 bits per heavy atom. The molecule has 5 heteroatoms. The third-order valence-electron chi connectivity index (χ3n) is 2.94. The van der Waals surface area contributed by atoms with Gasteiger partial charge in [-0.3, -0.25) is 4.68 Å². The Morgan fingerprint density at radius 1 is 1.22 bits per heavy atom. The number of hydrogen-bond acceptors (Lipinski definition) is 4. The van der Waals surface area contributed by atoms with Crippen molar-refractivity contribution in [3.8, 4) is 11.4 Å². The van der Waals surface area contributed by atoms with Crippen LogP contribution in [0.3, 0.4) is 0 Å². The van der Waals surface area contributed by atoms with E-state index in [0.717, 1.165) is 41.6 Å². The maximum atomic E-state index is 4.64. The van der Waals surface area contributed by atoms with Gasteiger partial charge in [0.05, 0.1) is 17.1 Å². The smallest absolute Gasteiger partial charge is 0.154 e. The molecule has 0 aliphatic carbocycles. The number of aryl methyl sites for hydroxylation is 3. The van der Waals surface area contributed by atoms with Crippen LogP contribution in [0.2, 0.25) is 0 Å². The maximum Gasteiger partial charge on any atom is 0.154 e. The molecular formula is C13H19N5. The zero-order valence-electron chi connectivity index (χ0n) is 11.4. The highest BCUT2D eigenvalue weighted by atomic mass is 15.3. The summed E-state index contributed by atoms with van der Waals surface area (Å²) in [6.45, 7) is 6.97. The molecule has 0 radical (unpaired) electrons. The SMILES string of the molecule is CCCn1nccc1-c1nc(C)c(C)nc1NC. The lowest BCUT2D eigenvalue weighted by atomic mass is 10.2. The van der Waals surface area contributed by atoms with Crippen LogP contribution in [0.15, 0.2) is 12.3 Å². The molecule has 1 N–H and O–H groups in total. The van der Waals surface area contributed by atoms with Gasteiger partial charge in [-0.25, -0.2) is 9.97 Å². The zero-order valence-corrected chi connectivity index (χ0v) is 11.4. The average Bonchev–Trinajstić information content (AvgIpc) is 2.80. The van der Waals surface area contributed by atoms with Crippen molar-refractivity contribution >= 4 is 5.82 Å². The third-order valence-corrected chi connectivity index (χ3v) is 2.94. The summed E-state index contributed by atoms with van der Waals surface area (Å²) in [6.07, 6.45) is 2.85. The molecule has 0 spiro atoms. The zero-order chi connectivity index (χ0) is 13.1. The molecule has 0 aromatic carbocycles. The van der Waals surface area contributed by atoms with Crippen molar-refractivity contribution in [2.24, 2.45) is 0 Å². The first-order valence-electron chi connectivity index (χ1n) is 6.22. The highest BCUT2D eigenvalue weighted by Gasteiger charge is 2.14. The molecule has 96 valence electrons. The van der Waals surface area contributed by atoms with Gasteiger partial charge in [0.25, 0.3) is 0 Å². The van der Waals surface area contributed by atoms with Crippen LogP contribution in [-0.2, 0) is 6.54 Å². The van der Waals surface area contributed by atoms with Crippen LogP contribution < -0.4 is 5.32 Å². The Bertz CT molecular complexity index is 544. The Balaban J connectivity index is 2.55. The summed E-state index contributed by atoms with van der Waals surface area (Å²) >= 11 is 0. The van der Waals surface area contributed by atoms with Gasteiger partial charge in [-0.15, -0.1) is 0 Å². The minimum absolute atomic E-state index is 0.802. The van der Waals surface area contributed by atoms with Crippen molar-refractivity contribution in [3.63, 3.8) is 0 Å². The molecule has 0 aliphatic heterocycles. The lowest BCUT2D eigenvalue weighted by molar-refractivity contribution is 0.608. The van der Waals surface area contributed by atoms with Gasteiger partial charge in [0, 0.05) is 19.8 Å². The van der Waals surface area contributed by atoms with E-state index < -0.39 is 0 Å². The van der Waals surface area contributed by atoms with E-state index in [1.807, 2.05) is 31.6 Å². The fraction of sp³-hybridized carbons (Fsp3) is 0.462. The predicted octanol–water partition coefficient (Wildman–Crippen LogP) is 2.41. The van der Waals surface area contributed by atoms with Gasteiger partial charge in [-0.05, 0) is 26.3 Å². The van der Waals surface area contributed by atoms with E-state index in [0.29, 0.717) is 0 Å². The van der Waals surface area contributed by atoms with Crippen LogP contribution in [0, 0.1) is 13.8 Å². The summed E-state index contributed by atoms with van der Waals surface area (Å²) in [5.41, 5.74) is 3.78. The van der Waals surface area contributed by atoms with Crippen molar-refractivity contribution in [1.29, 1.82) is 0 Å². The van der Waals surface area contributed by atoms with Crippen LogP contribution in [-0.4, -0.2) is 26.8 Å². The van der Waals surface area contributed by atoms with Crippen molar-refractivity contribution in [2.75, 3.05) is 12.4 Å². The topological polar surface area (TPSA) is 55.6 Å². The third kappa shape index (κ3) is 2.20. The first-order valence-corrected chi connectivity index (χ1v) is 6.22. The van der Waals surface area contributed by atoms with Crippen LogP contribution in [0.25, 0.3) is 11.4 Å². The molecule has 0 atom stereocenters. The molecule has 0 bridgehead atoms. The van der Waals surface area contributed by atoms with E-state index in [4.69, 9.17) is 0 Å². The second kappa shape index (κ2) is 5.16. The molecule has 2 rings (SSSR count). The molecule has 0 amide bonds. The molecule has 0 aliphatic rings. The fourth-order valence-electron chi connectivity index (χ4n) is 1.88. The second-order valence-electron chi connectivity index (χ2n) is 4.28. The molecular weight excluding hydrogens is 226 g/mol. The summed E-state index contributed by atoms with van der Waals surface area (Å²) in [6, 6.07) is 1.98. The van der Waals surface area contributed by atoms with Crippen LogP contribution in [0.1, 0.15) is 24.7 Å².